The predicted molar refractivity (Wildman–Crippen MR) is 72.3 cm³/mol. The zero-order valence-electron chi connectivity index (χ0n) is 10.4. The van der Waals surface area contributed by atoms with Crippen LogP contribution in [0.15, 0.2) is 12.4 Å². The number of ether oxygens (including phenoxy) is 1. The summed E-state index contributed by atoms with van der Waals surface area (Å²) in [5, 5.41) is 0. The first-order valence-corrected chi connectivity index (χ1v) is 5.86. The van der Waals surface area contributed by atoms with Crippen LogP contribution in [0.2, 0.25) is 0 Å². The highest BCUT2D eigenvalue weighted by molar-refractivity contribution is 7.80. The molecule has 0 aliphatic carbocycles. The molecule has 94 valence electrons. The molecule has 1 aromatic rings. The smallest absolute Gasteiger partial charge is 0.146 e. The van der Waals surface area contributed by atoms with Crippen molar-refractivity contribution in [2.45, 2.75) is 20.0 Å². The topological polar surface area (TPSA) is 64.3 Å². The van der Waals surface area contributed by atoms with Crippen LogP contribution in [0.1, 0.15) is 19.5 Å². The molecule has 0 fully saturated rings. The van der Waals surface area contributed by atoms with Gasteiger partial charge in [-0.25, -0.2) is 9.97 Å². The third-order valence-corrected chi connectivity index (χ3v) is 2.37. The first-order chi connectivity index (χ1) is 8.00. The number of anilines is 1. The minimum atomic E-state index is 0.242. The average Bonchev–Trinajstić information content (AvgIpc) is 2.28. The Morgan fingerprint density at radius 3 is 2.65 bits per heavy atom. The molecule has 6 heteroatoms. The molecule has 0 aliphatic heterocycles. The lowest BCUT2D eigenvalue weighted by atomic mass is 10.4. The van der Waals surface area contributed by atoms with Crippen molar-refractivity contribution in [3.63, 3.8) is 0 Å². The first kappa shape index (κ1) is 13.8. The zero-order chi connectivity index (χ0) is 12.8. The number of aromatic nitrogens is 2. The van der Waals surface area contributed by atoms with E-state index in [4.69, 9.17) is 22.7 Å². The van der Waals surface area contributed by atoms with E-state index in [-0.39, 0.29) is 11.1 Å². The fourth-order valence-corrected chi connectivity index (χ4v) is 1.29. The molecule has 0 unspecified atom stereocenters. The Morgan fingerprint density at radius 2 is 2.18 bits per heavy atom. The monoisotopic (exact) mass is 254 g/mol. The van der Waals surface area contributed by atoms with Crippen LogP contribution in [-0.4, -0.2) is 41.3 Å². The summed E-state index contributed by atoms with van der Waals surface area (Å²) >= 11 is 4.81. The third kappa shape index (κ3) is 4.62. The Balaban J connectivity index is 2.51. The van der Waals surface area contributed by atoms with E-state index in [1.165, 1.54) is 0 Å². The SMILES string of the molecule is CC(C)OCCN(C)c1cnc(C(N)=S)cn1. The summed E-state index contributed by atoms with van der Waals surface area (Å²) in [6.45, 7) is 5.44. The Hall–Kier alpha value is -1.27. The molecule has 0 saturated carbocycles. The minimum absolute atomic E-state index is 0.242. The molecular weight excluding hydrogens is 236 g/mol. The molecule has 2 N–H and O–H groups in total. The van der Waals surface area contributed by atoms with E-state index in [2.05, 4.69) is 9.97 Å². The van der Waals surface area contributed by atoms with Crippen LogP contribution in [-0.2, 0) is 4.74 Å². The highest BCUT2D eigenvalue weighted by atomic mass is 32.1. The summed E-state index contributed by atoms with van der Waals surface area (Å²) in [5.41, 5.74) is 5.99. The van der Waals surface area contributed by atoms with Crippen molar-refractivity contribution >= 4 is 23.0 Å². The van der Waals surface area contributed by atoms with Gasteiger partial charge in [-0.05, 0) is 13.8 Å². The summed E-state index contributed by atoms with van der Waals surface area (Å²) in [6, 6.07) is 0. The van der Waals surface area contributed by atoms with E-state index in [0.717, 1.165) is 12.4 Å². The minimum Gasteiger partial charge on any atom is -0.388 e. The molecule has 0 aromatic carbocycles. The van der Waals surface area contributed by atoms with Crippen molar-refractivity contribution in [3.05, 3.63) is 18.1 Å². The summed E-state index contributed by atoms with van der Waals surface area (Å²) in [5.74, 6) is 0.775. The van der Waals surface area contributed by atoms with Gasteiger partial charge >= 0.3 is 0 Å². The van der Waals surface area contributed by atoms with Gasteiger partial charge in [0, 0.05) is 13.6 Å². The maximum Gasteiger partial charge on any atom is 0.146 e. The third-order valence-electron chi connectivity index (χ3n) is 2.16. The van der Waals surface area contributed by atoms with Crippen LogP contribution in [0.4, 0.5) is 5.82 Å². The lowest BCUT2D eigenvalue weighted by Crippen LogP contribution is -2.25. The summed E-state index contributed by atoms with van der Waals surface area (Å²) in [4.78, 5) is 10.6. The highest BCUT2D eigenvalue weighted by Crippen LogP contribution is 2.06. The van der Waals surface area contributed by atoms with Gasteiger partial charge in [0.05, 0.1) is 25.1 Å². The maximum atomic E-state index is 5.47. The molecule has 1 aromatic heterocycles. The molecule has 17 heavy (non-hydrogen) atoms. The number of thiocarbonyl (C=S) groups is 1. The van der Waals surface area contributed by atoms with Crippen molar-refractivity contribution < 1.29 is 4.74 Å². The van der Waals surface area contributed by atoms with Crippen LogP contribution in [0, 0.1) is 0 Å². The molecule has 1 rings (SSSR count). The molecular formula is C11H18N4OS. The van der Waals surface area contributed by atoms with Crippen molar-refractivity contribution in [2.24, 2.45) is 5.73 Å². The molecule has 1 heterocycles. The molecule has 5 nitrogen and oxygen atoms in total. The van der Waals surface area contributed by atoms with Gasteiger partial charge in [0.2, 0.25) is 0 Å². The fraction of sp³-hybridized carbons (Fsp3) is 0.545. The number of hydrogen-bond acceptors (Lipinski definition) is 5. The number of hydrogen-bond donors (Lipinski definition) is 1. The van der Waals surface area contributed by atoms with E-state index >= 15 is 0 Å². The van der Waals surface area contributed by atoms with Gasteiger partial charge in [0.25, 0.3) is 0 Å². The maximum absolute atomic E-state index is 5.47. The zero-order valence-corrected chi connectivity index (χ0v) is 11.2. The van der Waals surface area contributed by atoms with Gasteiger partial charge in [-0.15, -0.1) is 0 Å². The van der Waals surface area contributed by atoms with E-state index in [1.54, 1.807) is 12.4 Å². The number of rotatable bonds is 6. The van der Waals surface area contributed by atoms with Crippen LogP contribution in [0.5, 0.6) is 0 Å². The molecule has 0 aliphatic rings. The average molecular weight is 254 g/mol. The Labute approximate surface area is 107 Å². The van der Waals surface area contributed by atoms with E-state index in [0.29, 0.717) is 12.3 Å². The van der Waals surface area contributed by atoms with Crippen molar-refractivity contribution in [2.75, 3.05) is 25.1 Å². The van der Waals surface area contributed by atoms with E-state index in [9.17, 15) is 0 Å². The largest absolute Gasteiger partial charge is 0.388 e. The molecule has 0 atom stereocenters. The quantitative estimate of drug-likeness (QED) is 0.763. The number of nitrogens with two attached hydrogens (primary N) is 1. The first-order valence-electron chi connectivity index (χ1n) is 5.45. The summed E-state index contributed by atoms with van der Waals surface area (Å²) in [6.07, 6.45) is 3.48. The van der Waals surface area contributed by atoms with Crippen molar-refractivity contribution in [3.8, 4) is 0 Å². The van der Waals surface area contributed by atoms with Crippen LogP contribution in [0.3, 0.4) is 0 Å². The van der Waals surface area contributed by atoms with Crippen LogP contribution < -0.4 is 10.6 Å². The van der Waals surface area contributed by atoms with Gasteiger partial charge in [0.15, 0.2) is 0 Å². The lowest BCUT2D eigenvalue weighted by molar-refractivity contribution is 0.0845. The standard InChI is InChI=1S/C11H18N4OS/c1-8(2)16-5-4-15(3)10-7-13-9(6-14-10)11(12)17/h6-8H,4-5H2,1-3H3,(H2,12,17). The van der Waals surface area contributed by atoms with Gasteiger partial charge in [-0.2, -0.15) is 0 Å². The summed E-state index contributed by atoms with van der Waals surface area (Å²) in [7, 11) is 1.94. The molecule has 0 spiro atoms. The highest BCUT2D eigenvalue weighted by Gasteiger charge is 2.05. The predicted octanol–water partition coefficient (Wildman–Crippen LogP) is 0.972. The van der Waals surface area contributed by atoms with Gasteiger partial charge in [-0.3, -0.25) is 0 Å². The van der Waals surface area contributed by atoms with E-state index in [1.807, 2.05) is 25.8 Å². The molecule has 0 saturated heterocycles. The second-order valence-electron chi connectivity index (χ2n) is 3.97. The second-order valence-corrected chi connectivity index (χ2v) is 4.41. The van der Waals surface area contributed by atoms with E-state index < -0.39 is 0 Å². The van der Waals surface area contributed by atoms with Crippen molar-refractivity contribution in [1.29, 1.82) is 0 Å². The van der Waals surface area contributed by atoms with Crippen molar-refractivity contribution in [1.82, 2.24) is 9.97 Å². The van der Waals surface area contributed by atoms with Crippen LogP contribution in [0.25, 0.3) is 0 Å². The summed E-state index contributed by atoms with van der Waals surface area (Å²) < 4.78 is 5.47. The lowest BCUT2D eigenvalue weighted by Gasteiger charge is -2.18. The second kappa shape index (κ2) is 6.46. The Kier molecular flexibility index (Phi) is 5.24. The number of nitrogens with zero attached hydrogens (tertiary/aromatic N) is 3. The van der Waals surface area contributed by atoms with Crippen LogP contribution >= 0.6 is 12.2 Å². The molecule has 0 radical (unpaired) electrons. The number of likely N-dealkylation sites (N-methyl/N-ethyl adjacent to an activating group) is 1. The molecule has 0 amide bonds. The Bertz CT molecular complexity index is 366. The molecule has 0 bridgehead atoms. The van der Waals surface area contributed by atoms with Gasteiger partial charge in [0.1, 0.15) is 16.5 Å². The normalized spacial score (nSPS) is 10.6. The van der Waals surface area contributed by atoms with Gasteiger partial charge in [-0.1, -0.05) is 12.2 Å². The van der Waals surface area contributed by atoms with Gasteiger partial charge < -0.3 is 15.4 Å². The fourth-order valence-electron chi connectivity index (χ4n) is 1.19. The Morgan fingerprint density at radius 1 is 1.47 bits per heavy atom.